The van der Waals surface area contributed by atoms with Gasteiger partial charge < -0.3 is 19.9 Å². The van der Waals surface area contributed by atoms with Gasteiger partial charge in [-0.15, -0.1) is 0 Å². The van der Waals surface area contributed by atoms with E-state index in [0.29, 0.717) is 28.4 Å². The van der Waals surface area contributed by atoms with Crippen LogP contribution in [0.3, 0.4) is 0 Å². The molecule has 1 heterocycles. The van der Waals surface area contributed by atoms with Crippen LogP contribution < -0.4 is 15.4 Å². The van der Waals surface area contributed by atoms with Crippen molar-refractivity contribution in [2.75, 3.05) is 19.0 Å². The molecule has 0 aliphatic carbocycles. The van der Waals surface area contributed by atoms with E-state index in [1.54, 1.807) is 72.5 Å². The van der Waals surface area contributed by atoms with Crippen molar-refractivity contribution in [2.24, 2.45) is 7.05 Å². The fraction of sp³-hybridized carbons (Fsp3) is 0.182. The van der Waals surface area contributed by atoms with Crippen molar-refractivity contribution in [3.05, 3.63) is 77.9 Å². The summed E-state index contributed by atoms with van der Waals surface area (Å²) in [4.78, 5) is 40.8. The number of benzene rings is 2. The molecule has 0 saturated heterocycles. The molecule has 154 valence electrons. The van der Waals surface area contributed by atoms with Crippen LogP contribution in [0.1, 0.15) is 33.0 Å². The van der Waals surface area contributed by atoms with Crippen LogP contribution in [0.5, 0.6) is 5.75 Å². The first-order valence-corrected chi connectivity index (χ1v) is 9.32. The number of amides is 2. The number of hydrogen-bond acceptors (Lipinski definition) is 5. The summed E-state index contributed by atoms with van der Waals surface area (Å²) in [6, 6.07) is 13.5. The average molecular weight is 406 g/mol. The Morgan fingerprint density at radius 1 is 1.07 bits per heavy atom. The van der Waals surface area contributed by atoms with Crippen LogP contribution in [0.25, 0.3) is 0 Å². The molecular formula is C22H22N4O4. The van der Waals surface area contributed by atoms with Crippen LogP contribution in [0.4, 0.5) is 5.69 Å². The van der Waals surface area contributed by atoms with Crippen molar-refractivity contribution < 1.29 is 19.1 Å². The molecule has 0 saturated carbocycles. The van der Waals surface area contributed by atoms with Crippen molar-refractivity contribution in [3.8, 4) is 5.75 Å². The molecule has 2 N–H and O–H groups in total. The number of para-hydroxylation sites is 1. The molecule has 30 heavy (non-hydrogen) atoms. The largest absolute Gasteiger partial charge is 0.496 e. The molecule has 0 radical (unpaired) electrons. The van der Waals surface area contributed by atoms with Crippen LogP contribution in [-0.4, -0.2) is 40.8 Å². The summed E-state index contributed by atoms with van der Waals surface area (Å²) in [7, 11) is 3.25. The van der Waals surface area contributed by atoms with E-state index in [4.69, 9.17) is 4.74 Å². The molecule has 8 nitrogen and oxygen atoms in total. The number of imidazole rings is 1. The third kappa shape index (κ3) is 4.91. The number of nitrogens with zero attached hydrogens (tertiary/aromatic N) is 2. The van der Waals surface area contributed by atoms with E-state index in [9.17, 15) is 14.4 Å². The highest BCUT2D eigenvalue weighted by Crippen LogP contribution is 2.17. The van der Waals surface area contributed by atoms with Crippen LogP contribution in [0.15, 0.2) is 60.9 Å². The zero-order chi connectivity index (χ0) is 21.5. The van der Waals surface area contributed by atoms with E-state index in [-0.39, 0.29) is 30.6 Å². The van der Waals surface area contributed by atoms with Gasteiger partial charge in [0.2, 0.25) is 11.7 Å². The first kappa shape index (κ1) is 20.8. The van der Waals surface area contributed by atoms with Crippen LogP contribution in [-0.2, 0) is 11.8 Å². The van der Waals surface area contributed by atoms with Gasteiger partial charge in [0, 0.05) is 43.7 Å². The second-order valence-corrected chi connectivity index (χ2v) is 6.52. The van der Waals surface area contributed by atoms with Crippen LogP contribution in [0, 0.1) is 0 Å². The Hall–Kier alpha value is -3.94. The third-order valence-electron chi connectivity index (χ3n) is 4.44. The Morgan fingerprint density at radius 2 is 1.80 bits per heavy atom. The summed E-state index contributed by atoms with van der Waals surface area (Å²) in [6.45, 7) is 0.179. The van der Waals surface area contributed by atoms with Gasteiger partial charge in [0.25, 0.3) is 5.91 Å². The van der Waals surface area contributed by atoms with Crippen LogP contribution in [0.2, 0.25) is 0 Å². The van der Waals surface area contributed by atoms with Crippen molar-refractivity contribution in [1.82, 2.24) is 14.9 Å². The van der Waals surface area contributed by atoms with Gasteiger partial charge in [0.15, 0.2) is 5.82 Å². The van der Waals surface area contributed by atoms with Crippen molar-refractivity contribution >= 4 is 23.3 Å². The first-order valence-electron chi connectivity index (χ1n) is 9.32. The molecule has 3 rings (SSSR count). The van der Waals surface area contributed by atoms with Crippen molar-refractivity contribution in [2.45, 2.75) is 6.42 Å². The Balaban J connectivity index is 1.50. The SMILES string of the molecule is COc1ccccc1C(=O)NCCC(=O)Nc1ccc(C(=O)c2nccn2C)cc1. The second kappa shape index (κ2) is 9.51. The molecule has 0 fully saturated rings. The molecule has 2 amide bonds. The summed E-state index contributed by atoms with van der Waals surface area (Å²) in [5.41, 5.74) is 1.45. The molecule has 1 aromatic heterocycles. The van der Waals surface area contributed by atoms with E-state index >= 15 is 0 Å². The number of methoxy groups -OCH3 is 1. The van der Waals surface area contributed by atoms with Gasteiger partial charge in [-0.25, -0.2) is 4.98 Å². The number of nitrogens with one attached hydrogen (secondary N) is 2. The van der Waals surface area contributed by atoms with Gasteiger partial charge in [-0.05, 0) is 36.4 Å². The van der Waals surface area contributed by atoms with E-state index < -0.39 is 0 Å². The predicted octanol–water partition coefficient (Wildman–Crippen LogP) is 2.42. The lowest BCUT2D eigenvalue weighted by Gasteiger charge is -2.09. The third-order valence-corrected chi connectivity index (χ3v) is 4.44. The lowest BCUT2D eigenvalue weighted by molar-refractivity contribution is -0.116. The summed E-state index contributed by atoms with van der Waals surface area (Å²) >= 11 is 0. The van der Waals surface area contributed by atoms with Gasteiger partial charge in [-0.1, -0.05) is 12.1 Å². The zero-order valence-corrected chi connectivity index (χ0v) is 16.7. The predicted molar refractivity (Wildman–Crippen MR) is 112 cm³/mol. The highest BCUT2D eigenvalue weighted by atomic mass is 16.5. The Labute approximate surface area is 173 Å². The maximum Gasteiger partial charge on any atom is 0.255 e. The highest BCUT2D eigenvalue weighted by molar-refractivity contribution is 6.07. The number of rotatable bonds is 8. The fourth-order valence-corrected chi connectivity index (χ4v) is 2.86. The number of ether oxygens (including phenoxy) is 1. The van der Waals surface area contributed by atoms with Crippen molar-refractivity contribution in [1.29, 1.82) is 0 Å². The summed E-state index contributed by atoms with van der Waals surface area (Å²) in [6.07, 6.45) is 3.37. The number of hydrogen-bond donors (Lipinski definition) is 2. The van der Waals surface area contributed by atoms with E-state index in [1.807, 2.05) is 0 Å². The lowest BCUT2D eigenvalue weighted by atomic mass is 10.1. The minimum atomic E-state index is -0.308. The minimum absolute atomic E-state index is 0.106. The summed E-state index contributed by atoms with van der Waals surface area (Å²) in [5.74, 6) is 0.0625. The van der Waals surface area contributed by atoms with E-state index in [1.165, 1.54) is 7.11 Å². The monoisotopic (exact) mass is 406 g/mol. The van der Waals surface area contributed by atoms with Gasteiger partial charge in [0.05, 0.1) is 12.7 Å². The minimum Gasteiger partial charge on any atom is -0.496 e. The molecule has 0 aliphatic heterocycles. The normalized spacial score (nSPS) is 10.3. The molecule has 2 aromatic carbocycles. The number of carbonyl (C=O) groups excluding carboxylic acids is 3. The van der Waals surface area contributed by atoms with Gasteiger partial charge >= 0.3 is 0 Å². The fourth-order valence-electron chi connectivity index (χ4n) is 2.86. The molecule has 0 bridgehead atoms. The molecule has 0 atom stereocenters. The summed E-state index contributed by atoms with van der Waals surface area (Å²) < 4.78 is 6.81. The standard InChI is InChI=1S/C22H22N4O4/c1-26-14-13-23-21(26)20(28)15-7-9-16(10-8-15)25-19(27)11-12-24-22(29)17-5-3-4-6-18(17)30-2/h3-10,13-14H,11-12H2,1-2H3,(H,24,29)(H,25,27). The quantitative estimate of drug-likeness (QED) is 0.560. The second-order valence-electron chi connectivity index (χ2n) is 6.52. The average Bonchev–Trinajstić information content (AvgIpc) is 3.19. The zero-order valence-electron chi connectivity index (χ0n) is 16.7. The lowest BCUT2D eigenvalue weighted by Crippen LogP contribution is -2.28. The molecule has 3 aromatic rings. The number of anilines is 1. The Morgan fingerprint density at radius 3 is 2.47 bits per heavy atom. The van der Waals surface area contributed by atoms with Gasteiger partial charge in [-0.3, -0.25) is 14.4 Å². The first-order chi connectivity index (χ1) is 14.5. The Bertz CT molecular complexity index is 1060. The number of carbonyl (C=O) groups is 3. The topological polar surface area (TPSA) is 102 Å². The van der Waals surface area contributed by atoms with Crippen molar-refractivity contribution in [3.63, 3.8) is 0 Å². The summed E-state index contributed by atoms with van der Waals surface area (Å²) in [5, 5.41) is 5.44. The molecule has 0 spiro atoms. The number of aromatic nitrogens is 2. The Kier molecular flexibility index (Phi) is 6.59. The van der Waals surface area contributed by atoms with Gasteiger partial charge in [0.1, 0.15) is 5.75 Å². The number of aryl methyl sites for hydroxylation is 1. The molecule has 0 aliphatic rings. The van der Waals surface area contributed by atoms with Gasteiger partial charge in [-0.2, -0.15) is 0 Å². The van der Waals surface area contributed by atoms with Crippen LogP contribution >= 0.6 is 0 Å². The maximum atomic E-state index is 12.4. The van der Waals surface area contributed by atoms with E-state index in [0.717, 1.165) is 0 Å². The number of ketones is 1. The highest BCUT2D eigenvalue weighted by Gasteiger charge is 2.14. The molecular weight excluding hydrogens is 384 g/mol. The molecule has 0 unspecified atom stereocenters. The van der Waals surface area contributed by atoms with E-state index in [2.05, 4.69) is 15.6 Å². The smallest absolute Gasteiger partial charge is 0.255 e. The molecule has 8 heteroatoms. The maximum absolute atomic E-state index is 12.4.